The molecule has 3 aromatic rings. The maximum Gasteiger partial charge on any atom is 0.227 e. The number of rotatable bonds is 2. The van der Waals surface area contributed by atoms with Gasteiger partial charge in [-0.3, -0.25) is 4.79 Å². The lowest BCUT2D eigenvalue weighted by atomic mass is 9.74. The standard InChI is InChI=1S/C25H22FNO/c1-2-23(28)27-22-15-12-16-6-3-4-7-19(16)24(22)20-8-5-9-21(20)25(27)17-10-13-18(26)14-11-17/h3-8,10-15,20-21,25H,2,9H2,1H3/t20-,21+,25+/m0/s1. The molecular formula is C25H22FNO. The summed E-state index contributed by atoms with van der Waals surface area (Å²) in [5.74, 6) is 0.382. The van der Waals surface area contributed by atoms with E-state index < -0.39 is 0 Å². The van der Waals surface area contributed by atoms with Gasteiger partial charge in [0.05, 0.1) is 6.04 Å². The van der Waals surface area contributed by atoms with E-state index in [-0.39, 0.29) is 29.6 Å². The molecule has 1 amide bonds. The molecule has 1 aliphatic carbocycles. The molecule has 0 spiro atoms. The first kappa shape index (κ1) is 17.2. The molecule has 0 radical (unpaired) electrons. The third-order valence-corrected chi connectivity index (χ3v) is 6.22. The van der Waals surface area contributed by atoms with E-state index in [1.54, 1.807) is 0 Å². The van der Waals surface area contributed by atoms with Gasteiger partial charge in [-0.15, -0.1) is 0 Å². The summed E-state index contributed by atoms with van der Waals surface area (Å²) in [7, 11) is 0. The second kappa shape index (κ2) is 6.59. The molecule has 0 saturated heterocycles. The van der Waals surface area contributed by atoms with Crippen LogP contribution in [0, 0.1) is 11.7 Å². The molecular weight excluding hydrogens is 349 g/mol. The Morgan fingerprint density at radius 2 is 1.86 bits per heavy atom. The summed E-state index contributed by atoms with van der Waals surface area (Å²) in [6, 6.07) is 19.2. The number of amides is 1. The molecule has 3 atom stereocenters. The van der Waals surface area contributed by atoms with Gasteiger partial charge >= 0.3 is 0 Å². The molecule has 0 saturated carbocycles. The summed E-state index contributed by atoms with van der Waals surface area (Å²) in [4.78, 5) is 15.1. The third-order valence-electron chi connectivity index (χ3n) is 6.22. The Morgan fingerprint density at radius 1 is 1.07 bits per heavy atom. The van der Waals surface area contributed by atoms with Crippen molar-refractivity contribution in [3.63, 3.8) is 0 Å². The average molecular weight is 371 g/mol. The fourth-order valence-electron chi connectivity index (χ4n) is 5.01. The van der Waals surface area contributed by atoms with E-state index in [0.717, 1.165) is 17.7 Å². The van der Waals surface area contributed by atoms with E-state index >= 15 is 0 Å². The Bertz CT molecular complexity index is 1090. The molecule has 3 heteroatoms. The topological polar surface area (TPSA) is 20.3 Å². The highest BCUT2D eigenvalue weighted by molar-refractivity contribution is 6.01. The Labute approximate surface area is 164 Å². The summed E-state index contributed by atoms with van der Waals surface area (Å²) in [6.45, 7) is 1.91. The highest BCUT2D eigenvalue weighted by Gasteiger charge is 2.44. The Kier molecular flexibility index (Phi) is 4.04. The van der Waals surface area contributed by atoms with E-state index in [2.05, 4.69) is 48.6 Å². The minimum Gasteiger partial charge on any atom is -0.304 e. The number of carbonyl (C=O) groups excluding carboxylic acids is 1. The van der Waals surface area contributed by atoms with Crippen LogP contribution in [0.1, 0.15) is 42.9 Å². The molecule has 0 unspecified atom stereocenters. The first-order chi connectivity index (χ1) is 13.7. The molecule has 0 aromatic heterocycles. The van der Waals surface area contributed by atoms with Crippen molar-refractivity contribution in [3.8, 4) is 0 Å². The first-order valence-corrected chi connectivity index (χ1v) is 9.95. The second-order valence-corrected chi connectivity index (χ2v) is 7.69. The van der Waals surface area contributed by atoms with Gasteiger partial charge in [0.1, 0.15) is 5.82 Å². The predicted octanol–water partition coefficient (Wildman–Crippen LogP) is 6.14. The highest BCUT2D eigenvalue weighted by atomic mass is 19.1. The number of carbonyl (C=O) groups is 1. The van der Waals surface area contributed by atoms with Crippen LogP contribution in [-0.4, -0.2) is 5.91 Å². The minimum atomic E-state index is -0.250. The molecule has 0 N–H and O–H groups in total. The maximum atomic E-state index is 13.6. The van der Waals surface area contributed by atoms with Crippen LogP contribution in [0.15, 0.2) is 72.8 Å². The second-order valence-electron chi connectivity index (χ2n) is 7.69. The molecule has 2 aliphatic rings. The van der Waals surface area contributed by atoms with Crippen LogP contribution in [0.3, 0.4) is 0 Å². The van der Waals surface area contributed by atoms with Gasteiger partial charge in [-0.2, -0.15) is 0 Å². The largest absolute Gasteiger partial charge is 0.304 e. The van der Waals surface area contributed by atoms with E-state index in [0.29, 0.717) is 6.42 Å². The molecule has 5 rings (SSSR count). The average Bonchev–Trinajstić information content (AvgIpc) is 3.22. The van der Waals surface area contributed by atoms with Crippen LogP contribution < -0.4 is 4.90 Å². The molecule has 3 aromatic carbocycles. The minimum absolute atomic E-state index is 0.0817. The maximum absolute atomic E-state index is 13.6. The SMILES string of the molecule is CCC(=O)N1c2ccc3ccccc3c2[C@H]2C=CC[C@H]2[C@H]1c1ccc(F)cc1. The number of benzene rings is 3. The summed E-state index contributed by atoms with van der Waals surface area (Å²) in [5, 5.41) is 2.41. The van der Waals surface area contributed by atoms with Crippen LogP contribution >= 0.6 is 0 Å². The van der Waals surface area contributed by atoms with Gasteiger partial charge < -0.3 is 4.90 Å². The van der Waals surface area contributed by atoms with Crippen molar-refractivity contribution in [1.82, 2.24) is 0 Å². The van der Waals surface area contributed by atoms with Gasteiger partial charge in [0.2, 0.25) is 5.91 Å². The molecule has 1 aliphatic heterocycles. The monoisotopic (exact) mass is 371 g/mol. The van der Waals surface area contributed by atoms with Gasteiger partial charge in [0, 0.05) is 18.0 Å². The number of fused-ring (bicyclic) bond motifs is 5. The van der Waals surface area contributed by atoms with Crippen molar-refractivity contribution in [2.24, 2.45) is 5.92 Å². The Morgan fingerprint density at radius 3 is 2.64 bits per heavy atom. The number of hydrogen-bond acceptors (Lipinski definition) is 1. The highest BCUT2D eigenvalue weighted by Crippen LogP contribution is 2.54. The van der Waals surface area contributed by atoms with Crippen molar-refractivity contribution in [3.05, 3.63) is 89.8 Å². The number of hydrogen-bond donors (Lipinski definition) is 0. The van der Waals surface area contributed by atoms with Crippen molar-refractivity contribution in [1.29, 1.82) is 0 Å². The lowest BCUT2D eigenvalue weighted by Gasteiger charge is -2.45. The van der Waals surface area contributed by atoms with Gasteiger partial charge in [-0.1, -0.05) is 61.5 Å². The fourth-order valence-corrected chi connectivity index (χ4v) is 5.01. The smallest absolute Gasteiger partial charge is 0.227 e. The lowest BCUT2D eigenvalue weighted by molar-refractivity contribution is -0.119. The van der Waals surface area contributed by atoms with Crippen molar-refractivity contribution < 1.29 is 9.18 Å². The summed E-state index contributed by atoms with van der Waals surface area (Å²) in [6.07, 6.45) is 5.88. The summed E-state index contributed by atoms with van der Waals surface area (Å²) >= 11 is 0. The quantitative estimate of drug-likeness (QED) is 0.496. The number of allylic oxidation sites excluding steroid dienone is 2. The zero-order chi connectivity index (χ0) is 19.3. The van der Waals surface area contributed by atoms with Gasteiger partial charge in [-0.25, -0.2) is 4.39 Å². The van der Waals surface area contributed by atoms with Crippen LogP contribution in [0.5, 0.6) is 0 Å². The van der Waals surface area contributed by atoms with Crippen LogP contribution in [0.4, 0.5) is 10.1 Å². The van der Waals surface area contributed by atoms with Crippen molar-refractivity contribution >= 4 is 22.4 Å². The van der Waals surface area contributed by atoms with Crippen LogP contribution in [0.25, 0.3) is 10.8 Å². The number of nitrogens with zero attached hydrogens (tertiary/aromatic N) is 1. The van der Waals surface area contributed by atoms with E-state index in [1.807, 2.05) is 24.0 Å². The molecule has 0 fully saturated rings. The number of anilines is 1. The molecule has 28 heavy (non-hydrogen) atoms. The van der Waals surface area contributed by atoms with Crippen LogP contribution in [0.2, 0.25) is 0 Å². The normalized spacial score (nSPS) is 22.9. The van der Waals surface area contributed by atoms with Crippen molar-refractivity contribution in [2.75, 3.05) is 4.90 Å². The molecule has 2 nitrogen and oxygen atoms in total. The van der Waals surface area contributed by atoms with E-state index in [1.165, 1.54) is 28.5 Å². The fraction of sp³-hybridized carbons (Fsp3) is 0.240. The summed E-state index contributed by atoms with van der Waals surface area (Å²) in [5.41, 5.74) is 3.24. The third kappa shape index (κ3) is 2.50. The zero-order valence-electron chi connectivity index (χ0n) is 15.8. The summed E-state index contributed by atoms with van der Waals surface area (Å²) < 4.78 is 13.6. The Hall–Kier alpha value is -2.94. The van der Waals surface area contributed by atoms with Crippen molar-refractivity contribution in [2.45, 2.75) is 31.7 Å². The van der Waals surface area contributed by atoms with Gasteiger partial charge in [-0.05, 0) is 52.4 Å². The first-order valence-electron chi connectivity index (χ1n) is 9.95. The van der Waals surface area contributed by atoms with E-state index in [9.17, 15) is 9.18 Å². The predicted molar refractivity (Wildman–Crippen MR) is 111 cm³/mol. The lowest BCUT2D eigenvalue weighted by Crippen LogP contribution is -2.43. The van der Waals surface area contributed by atoms with Gasteiger partial charge in [0.15, 0.2) is 0 Å². The Balaban J connectivity index is 1.78. The molecule has 0 bridgehead atoms. The number of halogens is 1. The molecule has 140 valence electrons. The van der Waals surface area contributed by atoms with Crippen LogP contribution in [-0.2, 0) is 4.79 Å². The van der Waals surface area contributed by atoms with Gasteiger partial charge in [0.25, 0.3) is 0 Å². The zero-order valence-corrected chi connectivity index (χ0v) is 15.8. The van der Waals surface area contributed by atoms with E-state index in [4.69, 9.17) is 0 Å². The molecule has 1 heterocycles.